The van der Waals surface area contributed by atoms with Crippen molar-refractivity contribution in [2.24, 2.45) is 0 Å². The van der Waals surface area contributed by atoms with Gasteiger partial charge in [-0.25, -0.2) is 18.2 Å². The highest BCUT2D eigenvalue weighted by atomic mass is 35.5. The molecule has 0 fully saturated rings. The Morgan fingerprint density at radius 3 is 2.29 bits per heavy atom. The molecule has 2 rings (SSSR count). The predicted molar refractivity (Wildman–Crippen MR) is 56.1 cm³/mol. The maximum atomic E-state index is 13.4. The summed E-state index contributed by atoms with van der Waals surface area (Å²) in [5, 5.41) is -0.518. The summed E-state index contributed by atoms with van der Waals surface area (Å²) in [5.41, 5.74) is -0.456. The van der Waals surface area contributed by atoms with Crippen molar-refractivity contribution in [2.75, 3.05) is 0 Å². The van der Waals surface area contributed by atoms with E-state index in [2.05, 4.69) is 4.98 Å². The SMILES string of the molecule is CC(Cl)c1ncc(-c2c(F)cc(F)cc2F)o1. The van der Waals surface area contributed by atoms with Gasteiger partial charge in [-0.15, -0.1) is 11.6 Å². The van der Waals surface area contributed by atoms with E-state index in [1.807, 2.05) is 0 Å². The standard InChI is InChI=1S/C11H7ClF3NO/c1-5(12)11-16-4-9(17-11)10-7(14)2-6(13)3-8(10)15/h2-5H,1H3. The van der Waals surface area contributed by atoms with Crippen molar-refractivity contribution in [1.82, 2.24) is 4.98 Å². The first kappa shape index (κ1) is 12.0. The molecule has 0 N–H and O–H groups in total. The summed E-state index contributed by atoms with van der Waals surface area (Å²) in [6, 6.07) is 1.15. The van der Waals surface area contributed by atoms with Crippen LogP contribution in [0.2, 0.25) is 0 Å². The molecule has 0 spiro atoms. The van der Waals surface area contributed by atoms with Crippen LogP contribution in [-0.2, 0) is 0 Å². The summed E-state index contributed by atoms with van der Waals surface area (Å²) in [5.74, 6) is -3.07. The van der Waals surface area contributed by atoms with E-state index >= 15 is 0 Å². The summed E-state index contributed by atoms with van der Waals surface area (Å²) in [6.07, 6.45) is 1.15. The van der Waals surface area contributed by atoms with Gasteiger partial charge in [0.1, 0.15) is 22.8 Å². The lowest BCUT2D eigenvalue weighted by molar-refractivity contribution is 0.493. The highest BCUT2D eigenvalue weighted by Gasteiger charge is 2.18. The fourth-order valence-electron chi connectivity index (χ4n) is 1.36. The molecule has 0 amide bonds. The van der Waals surface area contributed by atoms with Gasteiger partial charge in [-0.1, -0.05) is 0 Å². The number of aromatic nitrogens is 1. The van der Waals surface area contributed by atoms with Gasteiger partial charge in [0.05, 0.1) is 11.8 Å². The molecule has 0 radical (unpaired) electrons. The predicted octanol–water partition coefficient (Wildman–Crippen LogP) is 4.06. The Morgan fingerprint density at radius 2 is 1.82 bits per heavy atom. The minimum atomic E-state index is -1.05. The molecule has 1 unspecified atom stereocenters. The van der Waals surface area contributed by atoms with Crippen LogP contribution < -0.4 is 0 Å². The maximum Gasteiger partial charge on any atom is 0.212 e. The average Bonchev–Trinajstić information content (AvgIpc) is 2.65. The van der Waals surface area contributed by atoms with Gasteiger partial charge in [0.25, 0.3) is 0 Å². The van der Waals surface area contributed by atoms with E-state index in [1.54, 1.807) is 6.92 Å². The monoisotopic (exact) mass is 261 g/mol. The lowest BCUT2D eigenvalue weighted by Gasteiger charge is -2.01. The largest absolute Gasteiger partial charge is 0.439 e. The Morgan fingerprint density at radius 1 is 1.24 bits per heavy atom. The van der Waals surface area contributed by atoms with Crippen LogP contribution in [0.5, 0.6) is 0 Å². The van der Waals surface area contributed by atoms with Crippen molar-refractivity contribution >= 4 is 11.6 Å². The Hall–Kier alpha value is -1.49. The molecule has 6 heteroatoms. The lowest BCUT2D eigenvalue weighted by Crippen LogP contribution is -1.91. The highest BCUT2D eigenvalue weighted by Crippen LogP contribution is 2.30. The van der Waals surface area contributed by atoms with Crippen LogP contribution in [0.25, 0.3) is 11.3 Å². The molecule has 2 nitrogen and oxygen atoms in total. The molecular weight excluding hydrogens is 255 g/mol. The molecule has 0 saturated carbocycles. The molecule has 1 atom stereocenters. The number of oxazole rings is 1. The second-order valence-electron chi connectivity index (χ2n) is 3.42. The number of alkyl halides is 1. The second kappa shape index (κ2) is 4.41. The zero-order valence-electron chi connectivity index (χ0n) is 8.68. The lowest BCUT2D eigenvalue weighted by atomic mass is 10.1. The molecule has 0 bridgehead atoms. The molecule has 0 aliphatic rings. The first-order valence-corrected chi connectivity index (χ1v) is 5.17. The number of benzene rings is 1. The molecule has 0 saturated heterocycles. The minimum absolute atomic E-state index is 0.123. The molecule has 0 aliphatic carbocycles. The quantitative estimate of drug-likeness (QED) is 0.762. The van der Waals surface area contributed by atoms with Crippen LogP contribution in [0, 0.1) is 17.5 Å². The van der Waals surface area contributed by atoms with E-state index in [4.69, 9.17) is 16.0 Å². The van der Waals surface area contributed by atoms with Crippen LogP contribution in [0.1, 0.15) is 18.2 Å². The number of hydrogen-bond donors (Lipinski definition) is 0. The number of halogens is 4. The Labute approximate surface area is 100 Å². The van der Waals surface area contributed by atoms with Gasteiger partial charge in [0.2, 0.25) is 5.89 Å². The normalized spacial score (nSPS) is 12.8. The van der Waals surface area contributed by atoms with Crippen molar-refractivity contribution in [1.29, 1.82) is 0 Å². The zero-order chi connectivity index (χ0) is 12.6. The molecule has 1 heterocycles. The Balaban J connectivity index is 2.52. The van der Waals surface area contributed by atoms with E-state index in [-0.39, 0.29) is 11.7 Å². The van der Waals surface area contributed by atoms with E-state index in [0.717, 1.165) is 6.20 Å². The third-order valence-electron chi connectivity index (χ3n) is 2.12. The van der Waals surface area contributed by atoms with E-state index in [0.29, 0.717) is 12.1 Å². The highest BCUT2D eigenvalue weighted by molar-refractivity contribution is 6.20. The third-order valence-corrected chi connectivity index (χ3v) is 2.30. The first-order chi connectivity index (χ1) is 7.99. The molecule has 2 aromatic rings. The van der Waals surface area contributed by atoms with Crippen molar-refractivity contribution in [3.05, 3.63) is 41.7 Å². The van der Waals surface area contributed by atoms with Gasteiger partial charge in [-0.2, -0.15) is 0 Å². The van der Waals surface area contributed by atoms with E-state index in [1.165, 1.54) is 0 Å². The molecule has 0 aliphatic heterocycles. The van der Waals surface area contributed by atoms with Crippen LogP contribution in [0.15, 0.2) is 22.7 Å². The van der Waals surface area contributed by atoms with Crippen molar-refractivity contribution in [3.8, 4) is 11.3 Å². The minimum Gasteiger partial charge on any atom is -0.439 e. The van der Waals surface area contributed by atoms with Crippen molar-refractivity contribution in [3.63, 3.8) is 0 Å². The van der Waals surface area contributed by atoms with Gasteiger partial charge >= 0.3 is 0 Å². The Kier molecular flexibility index (Phi) is 3.11. The molecule has 1 aromatic carbocycles. The molecule has 1 aromatic heterocycles. The molecule has 90 valence electrons. The van der Waals surface area contributed by atoms with Gasteiger partial charge in [0.15, 0.2) is 5.76 Å². The summed E-state index contributed by atoms with van der Waals surface area (Å²) < 4.78 is 44.6. The van der Waals surface area contributed by atoms with E-state index in [9.17, 15) is 13.2 Å². The summed E-state index contributed by atoms with van der Waals surface area (Å²) in [4.78, 5) is 3.77. The maximum absolute atomic E-state index is 13.4. The topological polar surface area (TPSA) is 26.0 Å². The van der Waals surface area contributed by atoms with Gasteiger partial charge in [-0.3, -0.25) is 0 Å². The zero-order valence-corrected chi connectivity index (χ0v) is 9.43. The van der Waals surface area contributed by atoms with Crippen LogP contribution >= 0.6 is 11.6 Å². The second-order valence-corrected chi connectivity index (χ2v) is 4.08. The fraction of sp³-hybridized carbons (Fsp3) is 0.182. The third kappa shape index (κ3) is 2.29. The van der Waals surface area contributed by atoms with Crippen LogP contribution in [0.4, 0.5) is 13.2 Å². The van der Waals surface area contributed by atoms with Crippen molar-refractivity contribution < 1.29 is 17.6 Å². The van der Waals surface area contributed by atoms with Crippen LogP contribution in [0.3, 0.4) is 0 Å². The van der Waals surface area contributed by atoms with E-state index < -0.39 is 28.4 Å². The Bertz CT molecular complexity index is 530. The first-order valence-electron chi connectivity index (χ1n) is 4.73. The number of rotatable bonds is 2. The van der Waals surface area contributed by atoms with Crippen LogP contribution in [-0.4, -0.2) is 4.98 Å². The van der Waals surface area contributed by atoms with Gasteiger partial charge < -0.3 is 4.42 Å². The average molecular weight is 262 g/mol. The summed E-state index contributed by atoms with van der Waals surface area (Å²) >= 11 is 5.70. The molecular formula is C11H7ClF3NO. The van der Waals surface area contributed by atoms with Gasteiger partial charge in [-0.05, 0) is 6.92 Å². The van der Waals surface area contributed by atoms with Gasteiger partial charge in [0, 0.05) is 12.1 Å². The summed E-state index contributed by atoms with van der Waals surface area (Å²) in [7, 11) is 0. The van der Waals surface area contributed by atoms with Crippen molar-refractivity contribution in [2.45, 2.75) is 12.3 Å². The number of nitrogens with zero attached hydrogens (tertiary/aromatic N) is 1. The number of hydrogen-bond acceptors (Lipinski definition) is 2. The smallest absolute Gasteiger partial charge is 0.212 e. The fourth-order valence-corrected chi connectivity index (χ4v) is 1.47. The summed E-state index contributed by atoms with van der Waals surface area (Å²) in [6.45, 7) is 1.61. The molecule has 17 heavy (non-hydrogen) atoms.